The van der Waals surface area contributed by atoms with Crippen LogP contribution in [0.25, 0.3) is 0 Å². The number of methoxy groups -OCH3 is 1. The highest BCUT2D eigenvalue weighted by Crippen LogP contribution is 2.45. The van der Waals surface area contributed by atoms with Crippen LogP contribution in [0.5, 0.6) is 5.75 Å². The predicted octanol–water partition coefficient (Wildman–Crippen LogP) is 4.40. The second-order valence-electron chi connectivity index (χ2n) is 8.50. The highest BCUT2D eigenvalue weighted by molar-refractivity contribution is 6.04. The highest BCUT2D eigenvalue weighted by Gasteiger charge is 2.42. The summed E-state index contributed by atoms with van der Waals surface area (Å²) in [5.74, 6) is -0.0900. The van der Waals surface area contributed by atoms with E-state index in [0.717, 1.165) is 17.0 Å². The van der Waals surface area contributed by atoms with E-state index in [9.17, 15) is 9.59 Å². The molecule has 1 aliphatic carbocycles. The van der Waals surface area contributed by atoms with Gasteiger partial charge < -0.3 is 14.8 Å². The van der Waals surface area contributed by atoms with Gasteiger partial charge in [0.2, 0.25) is 0 Å². The summed E-state index contributed by atoms with van der Waals surface area (Å²) in [4.78, 5) is 31.0. The number of Topliss-reactive ketones (excluding diaryl/α,β-unsaturated/α-hetero) is 1. The van der Waals surface area contributed by atoms with E-state index in [4.69, 9.17) is 9.47 Å². The van der Waals surface area contributed by atoms with Crippen molar-refractivity contribution in [3.63, 3.8) is 0 Å². The first kappa shape index (κ1) is 21.8. The van der Waals surface area contributed by atoms with Gasteiger partial charge in [0, 0.05) is 29.6 Å². The first-order chi connectivity index (χ1) is 15.4. The number of dihydropyridines is 1. The third kappa shape index (κ3) is 4.17. The molecule has 166 valence electrons. The molecular formula is C26H28N2O4. The quantitative estimate of drug-likeness (QED) is 0.706. The van der Waals surface area contributed by atoms with Gasteiger partial charge in [0.25, 0.3) is 0 Å². The van der Waals surface area contributed by atoms with E-state index in [-0.39, 0.29) is 17.8 Å². The molecule has 0 saturated carbocycles. The molecule has 4 rings (SSSR count). The van der Waals surface area contributed by atoms with Gasteiger partial charge in [0.15, 0.2) is 5.78 Å². The summed E-state index contributed by atoms with van der Waals surface area (Å²) >= 11 is 0. The maximum Gasteiger partial charge on any atom is 0.337 e. The number of carbonyl (C=O) groups is 2. The molecule has 6 nitrogen and oxygen atoms in total. The molecule has 2 aromatic rings. The van der Waals surface area contributed by atoms with Gasteiger partial charge in [-0.25, -0.2) is 4.79 Å². The van der Waals surface area contributed by atoms with Crippen LogP contribution in [0.4, 0.5) is 0 Å². The van der Waals surface area contributed by atoms with Crippen LogP contribution in [0, 0.1) is 0 Å². The number of pyridine rings is 1. The Kier molecular flexibility index (Phi) is 6.12. The average molecular weight is 433 g/mol. The minimum atomic E-state index is -0.539. The fourth-order valence-corrected chi connectivity index (χ4v) is 4.54. The molecule has 0 unspecified atom stereocenters. The number of aromatic nitrogens is 1. The van der Waals surface area contributed by atoms with Crippen molar-refractivity contribution in [3.05, 3.63) is 82.5 Å². The zero-order chi connectivity index (χ0) is 22.8. The van der Waals surface area contributed by atoms with Crippen molar-refractivity contribution in [1.29, 1.82) is 0 Å². The lowest BCUT2D eigenvalue weighted by atomic mass is 9.73. The zero-order valence-corrected chi connectivity index (χ0v) is 18.8. The van der Waals surface area contributed by atoms with Gasteiger partial charge in [-0.15, -0.1) is 0 Å². The lowest BCUT2D eigenvalue weighted by Gasteiger charge is -2.36. The lowest BCUT2D eigenvalue weighted by molar-refractivity contribution is -0.143. The third-order valence-corrected chi connectivity index (χ3v) is 5.96. The summed E-state index contributed by atoms with van der Waals surface area (Å²) < 4.78 is 10.8. The van der Waals surface area contributed by atoms with E-state index in [1.807, 2.05) is 63.2 Å². The Balaban J connectivity index is 1.74. The van der Waals surface area contributed by atoms with Gasteiger partial charge in [0.1, 0.15) is 5.75 Å². The third-order valence-electron chi connectivity index (χ3n) is 5.96. The molecule has 0 saturated heterocycles. The van der Waals surface area contributed by atoms with Crippen molar-refractivity contribution in [2.75, 3.05) is 7.11 Å². The van der Waals surface area contributed by atoms with Gasteiger partial charge in [0.05, 0.1) is 30.4 Å². The summed E-state index contributed by atoms with van der Waals surface area (Å²) in [5.41, 5.74) is 4.40. The maximum atomic E-state index is 13.5. The number of rotatable bonds is 5. The summed E-state index contributed by atoms with van der Waals surface area (Å²) in [5, 5.41) is 3.36. The fourth-order valence-electron chi connectivity index (χ4n) is 4.54. The van der Waals surface area contributed by atoms with Gasteiger partial charge in [-0.2, -0.15) is 0 Å². The van der Waals surface area contributed by atoms with Crippen LogP contribution >= 0.6 is 0 Å². The van der Waals surface area contributed by atoms with E-state index < -0.39 is 11.9 Å². The first-order valence-corrected chi connectivity index (χ1v) is 10.9. The lowest BCUT2D eigenvalue weighted by Crippen LogP contribution is -2.36. The van der Waals surface area contributed by atoms with Crippen molar-refractivity contribution >= 4 is 11.8 Å². The molecule has 0 bridgehead atoms. The Hall–Kier alpha value is -3.41. The number of hydrogen-bond donors (Lipinski definition) is 1. The SMILES string of the molecule is COc1ccc([C@@H]2CC(=O)C3=C(C2)NC(C)=C(C(=O)OC(C)C)[C@H]3c2ccccn2)cc1. The van der Waals surface area contributed by atoms with Gasteiger partial charge in [-0.1, -0.05) is 18.2 Å². The van der Waals surface area contributed by atoms with E-state index >= 15 is 0 Å². The summed E-state index contributed by atoms with van der Waals surface area (Å²) in [6.45, 7) is 5.49. The molecule has 32 heavy (non-hydrogen) atoms. The van der Waals surface area contributed by atoms with E-state index in [2.05, 4.69) is 10.3 Å². The molecule has 0 amide bonds. The van der Waals surface area contributed by atoms with Crippen LogP contribution in [0.2, 0.25) is 0 Å². The monoisotopic (exact) mass is 432 g/mol. The minimum absolute atomic E-state index is 0.0255. The van der Waals surface area contributed by atoms with Crippen LogP contribution in [0.15, 0.2) is 71.2 Å². The predicted molar refractivity (Wildman–Crippen MR) is 121 cm³/mol. The van der Waals surface area contributed by atoms with Crippen molar-refractivity contribution in [2.24, 2.45) is 0 Å². The largest absolute Gasteiger partial charge is 0.497 e. The number of benzene rings is 1. The Morgan fingerprint density at radius 2 is 1.88 bits per heavy atom. The number of carbonyl (C=O) groups excluding carboxylic acids is 2. The Bertz CT molecular complexity index is 1080. The summed E-state index contributed by atoms with van der Waals surface area (Å²) in [7, 11) is 1.64. The second kappa shape index (κ2) is 8.99. The topological polar surface area (TPSA) is 77.5 Å². The number of esters is 1. The number of ketones is 1. The number of hydrogen-bond acceptors (Lipinski definition) is 6. The Morgan fingerprint density at radius 3 is 2.50 bits per heavy atom. The van der Waals surface area contributed by atoms with Gasteiger partial charge in [-0.05, 0) is 62.9 Å². The molecule has 0 radical (unpaired) electrons. The average Bonchev–Trinajstić information content (AvgIpc) is 2.78. The van der Waals surface area contributed by atoms with Crippen LogP contribution in [0.1, 0.15) is 56.7 Å². The molecule has 6 heteroatoms. The fraction of sp³-hybridized carbons (Fsp3) is 0.346. The van der Waals surface area contributed by atoms with Crippen molar-refractivity contribution in [3.8, 4) is 5.75 Å². The molecule has 2 atom stereocenters. The number of allylic oxidation sites excluding steroid dienone is 3. The van der Waals surface area contributed by atoms with Crippen LogP contribution in [-0.2, 0) is 14.3 Å². The van der Waals surface area contributed by atoms with Crippen molar-refractivity contribution in [2.45, 2.75) is 51.6 Å². The zero-order valence-electron chi connectivity index (χ0n) is 18.8. The van der Waals surface area contributed by atoms with E-state index in [1.54, 1.807) is 13.3 Å². The standard InChI is InChI=1S/C26H28N2O4/c1-15(2)32-26(30)23-16(3)28-21-13-18(17-8-10-19(31-4)11-9-17)14-22(29)24(21)25(23)20-7-5-6-12-27-20/h5-12,15,18,25,28H,13-14H2,1-4H3/t18-,25+/m0/s1. The number of ether oxygens (including phenoxy) is 2. The smallest absolute Gasteiger partial charge is 0.337 e. The normalized spacial score (nSPS) is 20.7. The summed E-state index contributed by atoms with van der Waals surface area (Å²) in [6.07, 6.45) is 2.48. The molecule has 1 aromatic heterocycles. The Morgan fingerprint density at radius 1 is 1.12 bits per heavy atom. The molecule has 0 spiro atoms. The number of nitrogens with one attached hydrogen (secondary N) is 1. The molecule has 1 N–H and O–H groups in total. The van der Waals surface area contributed by atoms with Gasteiger partial charge in [-0.3, -0.25) is 9.78 Å². The molecule has 2 heterocycles. The van der Waals surface area contributed by atoms with Gasteiger partial charge >= 0.3 is 5.97 Å². The molecular weight excluding hydrogens is 404 g/mol. The molecule has 1 aliphatic heterocycles. The van der Waals surface area contributed by atoms with E-state index in [1.165, 1.54) is 0 Å². The first-order valence-electron chi connectivity index (χ1n) is 10.9. The molecule has 0 fully saturated rings. The van der Waals surface area contributed by atoms with E-state index in [0.29, 0.717) is 35.4 Å². The van der Waals surface area contributed by atoms with Crippen LogP contribution in [-0.4, -0.2) is 30.0 Å². The Labute approximate surface area is 188 Å². The minimum Gasteiger partial charge on any atom is -0.497 e. The highest BCUT2D eigenvalue weighted by atomic mass is 16.5. The van der Waals surface area contributed by atoms with Crippen molar-refractivity contribution < 1.29 is 19.1 Å². The van der Waals surface area contributed by atoms with Crippen molar-refractivity contribution in [1.82, 2.24) is 10.3 Å². The molecule has 2 aliphatic rings. The number of nitrogens with zero attached hydrogens (tertiary/aromatic N) is 1. The second-order valence-corrected chi connectivity index (χ2v) is 8.50. The molecule has 1 aromatic carbocycles. The summed E-state index contributed by atoms with van der Waals surface area (Å²) in [6, 6.07) is 13.4. The van der Waals surface area contributed by atoms with Crippen LogP contribution < -0.4 is 10.1 Å². The maximum absolute atomic E-state index is 13.5. The van der Waals surface area contributed by atoms with Crippen LogP contribution in [0.3, 0.4) is 0 Å².